The van der Waals surface area contributed by atoms with Gasteiger partial charge in [0.05, 0.1) is 24.9 Å². The molecule has 0 aromatic rings. The van der Waals surface area contributed by atoms with Crippen LogP contribution in [0.15, 0.2) is 11.8 Å². The van der Waals surface area contributed by atoms with Crippen LogP contribution in [0.3, 0.4) is 0 Å². The van der Waals surface area contributed by atoms with Gasteiger partial charge in [0.15, 0.2) is 0 Å². The van der Waals surface area contributed by atoms with Crippen LogP contribution in [0.25, 0.3) is 0 Å². The molecule has 0 N–H and O–H groups in total. The minimum Gasteiger partial charge on any atom is -0.504 e. The predicted molar refractivity (Wildman–Crippen MR) is 47.3 cm³/mol. The smallest absolute Gasteiger partial charge is 0.0817 e. The highest BCUT2D eigenvalue weighted by molar-refractivity contribution is 5.12. The third kappa shape index (κ3) is 2.01. The Morgan fingerprint density at radius 1 is 1.67 bits per heavy atom. The average molecular weight is 165 g/mol. The first-order chi connectivity index (χ1) is 5.70. The van der Waals surface area contributed by atoms with Crippen LogP contribution >= 0.6 is 0 Å². The quantitative estimate of drug-likeness (QED) is 0.559. The zero-order chi connectivity index (χ0) is 9.03. The number of nitrogens with zero attached hydrogens (tertiary/aromatic N) is 1. The summed E-state index contributed by atoms with van der Waals surface area (Å²) in [5.41, 5.74) is 1.12. The number of hydrogen-bond acceptors (Lipinski definition) is 2. The van der Waals surface area contributed by atoms with E-state index in [0.29, 0.717) is 0 Å². The van der Waals surface area contributed by atoms with Crippen LogP contribution in [0.1, 0.15) is 32.6 Å². The van der Waals surface area contributed by atoms with Crippen molar-refractivity contribution in [2.45, 2.75) is 32.6 Å². The molecule has 1 aliphatic carbocycles. The van der Waals surface area contributed by atoms with Crippen molar-refractivity contribution < 1.29 is 4.74 Å². The SMILES string of the molecule is CO/C=C1/CCCC(C)(C#N)C1. The van der Waals surface area contributed by atoms with Crippen molar-refractivity contribution in [3.05, 3.63) is 11.8 Å². The standard InChI is InChI=1S/C10H15NO/c1-10(8-11)5-3-4-9(6-10)7-12-2/h7H,3-6H2,1-2H3/b9-7-. The van der Waals surface area contributed by atoms with Crippen LogP contribution in [0.4, 0.5) is 0 Å². The van der Waals surface area contributed by atoms with Crippen LogP contribution < -0.4 is 0 Å². The molecule has 0 heterocycles. The number of ether oxygens (including phenoxy) is 1. The van der Waals surface area contributed by atoms with E-state index in [1.807, 2.05) is 6.92 Å². The van der Waals surface area contributed by atoms with Gasteiger partial charge in [-0.05, 0) is 38.2 Å². The maximum Gasteiger partial charge on any atom is 0.0817 e. The number of methoxy groups -OCH3 is 1. The van der Waals surface area contributed by atoms with E-state index in [0.717, 1.165) is 25.7 Å². The van der Waals surface area contributed by atoms with E-state index < -0.39 is 0 Å². The van der Waals surface area contributed by atoms with E-state index in [1.165, 1.54) is 5.57 Å². The van der Waals surface area contributed by atoms with Gasteiger partial charge < -0.3 is 4.74 Å². The molecule has 66 valence electrons. The molecule has 1 atom stereocenters. The van der Waals surface area contributed by atoms with Crippen molar-refractivity contribution in [2.75, 3.05) is 7.11 Å². The fourth-order valence-corrected chi connectivity index (χ4v) is 1.75. The van der Waals surface area contributed by atoms with Crippen LogP contribution in [-0.2, 0) is 4.74 Å². The van der Waals surface area contributed by atoms with Crippen molar-refractivity contribution in [1.82, 2.24) is 0 Å². The molecular formula is C10H15NO. The molecule has 0 radical (unpaired) electrons. The lowest BCUT2D eigenvalue weighted by Gasteiger charge is -2.27. The first kappa shape index (κ1) is 9.12. The lowest BCUT2D eigenvalue weighted by atomic mass is 9.75. The second-order valence-corrected chi connectivity index (χ2v) is 3.71. The van der Waals surface area contributed by atoms with Crippen molar-refractivity contribution >= 4 is 0 Å². The molecule has 2 heteroatoms. The number of hydrogen-bond donors (Lipinski definition) is 0. The number of allylic oxidation sites excluding steroid dienone is 1. The molecule has 0 saturated heterocycles. The van der Waals surface area contributed by atoms with Gasteiger partial charge in [0, 0.05) is 0 Å². The molecular weight excluding hydrogens is 150 g/mol. The monoisotopic (exact) mass is 165 g/mol. The van der Waals surface area contributed by atoms with Gasteiger partial charge in [-0.25, -0.2) is 0 Å². The van der Waals surface area contributed by atoms with Gasteiger partial charge in [0.1, 0.15) is 0 Å². The molecule has 0 aliphatic heterocycles. The van der Waals surface area contributed by atoms with E-state index in [1.54, 1.807) is 13.4 Å². The minimum atomic E-state index is -0.150. The van der Waals surface area contributed by atoms with Crippen LogP contribution in [-0.4, -0.2) is 7.11 Å². The molecule has 0 amide bonds. The first-order valence-electron chi connectivity index (χ1n) is 4.32. The lowest BCUT2D eigenvalue weighted by molar-refractivity contribution is 0.303. The van der Waals surface area contributed by atoms with Crippen LogP contribution in [0.5, 0.6) is 0 Å². The molecule has 0 aromatic heterocycles. The second-order valence-electron chi connectivity index (χ2n) is 3.71. The first-order valence-corrected chi connectivity index (χ1v) is 4.32. The van der Waals surface area contributed by atoms with Gasteiger partial charge in [0.2, 0.25) is 0 Å². The van der Waals surface area contributed by atoms with Gasteiger partial charge in [-0.1, -0.05) is 0 Å². The summed E-state index contributed by atoms with van der Waals surface area (Å²) in [6, 6.07) is 2.37. The highest BCUT2D eigenvalue weighted by atomic mass is 16.5. The normalized spacial score (nSPS) is 32.9. The Balaban J connectivity index is 2.65. The van der Waals surface area contributed by atoms with Crippen molar-refractivity contribution in [3.63, 3.8) is 0 Å². The fraction of sp³-hybridized carbons (Fsp3) is 0.700. The summed E-state index contributed by atoms with van der Waals surface area (Å²) in [5.74, 6) is 0. The summed E-state index contributed by atoms with van der Waals surface area (Å²) in [5, 5.41) is 8.92. The second kappa shape index (κ2) is 3.62. The summed E-state index contributed by atoms with van der Waals surface area (Å²) in [6.45, 7) is 2.02. The van der Waals surface area contributed by atoms with Gasteiger partial charge >= 0.3 is 0 Å². The molecule has 2 nitrogen and oxygen atoms in total. The van der Waals surface area contributed by atoms with Gasteiger partial charge in [-0.15, -0.1) is 0 Å². The van der Waals surface area contributed by atoms with Gasteiger partial charge in [-0.2, -0.15) is 5.26 Å². The third-order valence-electron chi connectivity index (χ3n) is 2.40. The van der Waals surface area contributed by atoms with Crippen molar-refractivity contribution in [1.29, 1.82) is 5.26 Å². The zero-order valence-corrected chi connectivity index (χ0v) is 7.76. The van der Waals surface area contributed by atoms with Crippen LogP contribution in [0.2, 0.25) is 0 Å². The van der Waals surface area contributed by atoms with E-state index >= 15 is 0 Å². The molecule has 1 rings (SSSR count). The third-order valence-corrected chi connectivity index (χ3v) is 2.40. The molecule has 0 bridgehead atoms. The van der Waals surface area contributed by atoms with Crippen molar-refractivity contribution in [2.24, 2.45) is 5.41 Å². The Labute approximate surface area is 73.8 Å². The molecule has 1 fully saturated rings. The highest BCUT2D eigenvalue weighted by Crippen LogP contribution is 2.37. The molecule has 12 heavy (non-hydrogen) atoms. The summed E-state index contributed by atoms with van der Waals surface area (Å²) < 4.78 is 4.95. The number of nitriles is 1. The Bertz CT molecular complexity index is 226. The van der Waals surface area contributed by atoms with E-state index in [4.69, 9.17) is 10.00 Å². The summed E-state index contributed by atoms with van der Waals surface area (Å²) in [7, 11) is 1.66. The Kier molecular flexibility index (Phi) is 2.75. The maximum atomic E-state index is 8.92. The summed E-state index contributed by atoms with van der Waals surface area (Å²) >= 11 is 0. The van der Waals surface area contributed by atoms with Gasteiger partial charge in [-0.3, -0.25) is 0 Å². The number of rotatable bonds is 1. The topological polar surface area (TPSA) is 33.0 Å². The average Bonchev–Trinajstić information content (AvgIpc) is 2.05. The van der Waals surface area contributed by atoms with Crippen LogP contribution in [0, 0.1) is 16.7 Å². The minimum absolute atomic E-state index is 0.150. The van der Waals surface area contributed by atoms with E-state index in [9.17, 15) is 0 Å². The Morgan fingerprint density at radius 2 is 2.42 bits per heavy atom. The maximum absolute atomic E-state index is 8.92. The molecule has 1 saturated carbocycles. The highest BCUT2D eigenvalue weighted by Gasteiger charge is 2.28. The van der Waals surface area contributed by atoms with Crippen molar-refractivity contribution in [3.8, 4) is 6.07 Å². The fourth-order valence-electron chi connectivity index (χ4n) is 1.75. The Morgan fingerprint density at radius 3 is 3.00 bits per heavy atom. The lowest BCUT2D eigenvalue weighted by Crippen LogP contribution is -2.19. The zero-order valence-electron chi connectivity index (χ0n) is 7.76. The molecule has 1 unspecified atom stereocenters. The summed E-state index contributed by atoms with van der Waals surface area (Å²) in [4.78, 5) is 0. The predicted octanol–water partition coefficient (Wildman–Crippen LogP) is 2.62. The largest absolute Gasteiger partial charge is 0.504 e. The molecule has 0 aromatic carbocycles. The molecule has 1 aliphatic rings. The molecule has 0 spiro atoms. The summed E-state index contributed by atoms with van der Waals surface area (Å²) in [6.07, 6.45) is 5.88. The Hall–Kier alpha value is -0.970. The van der Waals surface area contributed by atoms with E-state index in [2.05, 4.69) is 6.07 Å². The van der Waals surface area contributed by atoms with E-state index in [-0.39, 0.29) is 5.41 Å². The van der Waals surface area contributed by atoms with Gasteiger partial charge in [0.25, 0.3) is 0 Å².